The molecule has 7 heteroatoms. The van der Waals surface area contributed by atoms with E-state index in [1.165, 1.54) is 10.9 Å². The van der Waals surface area contributed by atoms with E-state index in [1.54, 1.807) is 18.1 Å². The maximum atomic E-state index is 12.4. The van der Waals surface area contributed by atoms with E-state index in [9.17, 15) is 14.7 Å². The number of amides is 2. The average molecular weight is 294 g/mol. The fraction of sp³-hybridized carbons (Fsp3) is 0.643. The SMILES string of the molecule is CC(C)C1CCCN1C(=O)NC(C(=O)O)c1cnn(C)c1. The molecule has 0 bridgehead atoms. The fourth-order valence-electron chi connectivity index (χ4n) is 2.82. The standard InChI is InChI=1S/C14H22N4O3/c1-9(2)11-5-4-6-18(11)14(21)16-12(13(19)20)10-7-15-17(3)8-10/h7-9,11-12H,4-6H2,1-3H3,(H,16,21)(H,19,20). The number of rotatable bonds is 4. The van der Waals surface area contributed by atoms with E-state index in [2.05, 4.69) is 24.3 Å². The summed E-state index contributed by atoms with van der Waals surface area (Å²) in [5.74, 6) is -0.725. The molecule has 2 N–H and O–H groups in total. The number of aryl methyl sites for hydroxylation is 1. The van der Waals surface area contributed by atoms with E-state index in [-0.39, 0.29) is 12.1 Å². The topological polar surface area (TPSA) is 87.5 Å². The molecule has 7 nitrogen and oxygen atoms in total. The van der Waals surface area contributed by atoms with E-state index in [1.807, 2.05) is 0 Å². The van der Waals surface area contributed by atoms with Gasteiger partial charge in [-0.05, 0) is 18.8 Å². The number of carboxylic acids is 1. The van der Waals surface area contributed by atoms with Crippen molar-refractivity contribution in [2.75, 3.05) is 6.54 Å². The minimum Gasteiger partial charge on any atom is -0.479 e. The van der Waals surface area contributed by atoms with Gasteiger partial charge in [0.05, 0.1) is 6.20 Å². The molecule has 0 saturated carbocycles. The number of carbonyl (C=O) groups excluding carboxylic acids is 1. The molecule has 21 heavy (non-hydrogen) atoms. The number of aromatic nitrogens is 2. The van der Waals surface area contributed by atoms with Gasteiger partial charge >= 0.3 is 12.0 Å². The van der Waals surface area contributed by atoms with Crippen LogP contribution in [-0.2, 0) is 11.8 Å². The van der Waals surface area contributed by atoms with E-state index < -0.39 is 12.0 Å². The number of nitrogens with zero attached hydrogens (tertiary/aromatic N) is 3. The van der Waals surface area contributed by atoms with Gasteiger partial charge in [-0.1, -0.05) is 13.8 Å². The van der Waals surface area contributed by atoms with Crippen molar-refractivity contribution in [1.29, 1.82) is 0 Å². The molecule has 1 fully saturated rings. The summed E-state index contributed by atoms with van der Waals surface area (Å²) < 4.78 is 1.52. The lowest BCUT2D eigenvalue weighted by molar-refractivity contribution is -0.139. The summed E-state index contributed by atoms with van der Waals surface area (Å²) >= 11 is 0. The van der Waals surface area contributed by atoms with Crippen molar-refractivity contribution in [2.45, 2.75) is 38.8 Å². The molecule has 1 aliphatic heterocycles. The quantitative estimate of drug-likeness (QED) is 0.878. The van der Waals surface area contributed by atoms with E-state index in [4.69, 9.17) is 0 Å². The van der Waals surface area contributed by atoms with Crippen LogP contribution in [0.4, 0.5) is 4.79 Å². The first kappa shape index (κ1) is 15.3. The Morgan fingerprint density at radius 1 is 1.48 bits per heavy atom. The van der Waals surface area contributed by atoms with Crippen LogP contribution in [0.2, 0.25) is 0 Å². The van der Waals surface area contributed by atoms with Crippen molar-refractivity contribution in [1.82, 2.24) is 20.0 Å². The molecule has 2 amide bonds. The summed E-state index contributed by atoms with van der Waals surface area (Å²) in [5.41, 5.74) is 0.471. The number of carbonyl (C=O) groups is 2. The predicted molar refractivity (Wildman–Crippen MR) is 76.7 cm³/mol. The number of carboxylic acid groups (broad SMARTS) is 1. The monoisotopic (exact) mass is 294 g/mol. The average Bonchev–Trinajstić information content (AvgIpc) is 3.03. The van der Waals surface area contributed by atoms with Crippen LogP contribution in [0.15, 0.2) is 12.4 Å². The maximum absolute atomic E-state index is 12.4. The highest BCUT2D eigenvalue weighted by Crippen LogP contribution is 2.24. The molecular formula is C14H22N4O3. The molecule has 1 aromatic heterocycles. The molecule has 2 heterocycles. The summed E-state index contributed by atoms with van der Waals surface area (Å²) in [7, 11) is 1.71. The predicted octanol–water partition coefficient (Wildman–Crippen LogP) is 1.38. The number of hydrogen-bond acceptors (Lipinski definition) is 3. The highest BCUT2D eigenvalue weighted by atomic mass is 16.4. The Morgan fingerprint density at radius 2 is 2.19 bits per heavy atom. The normalized spacial score (nSPS) is 19.8. The Morgan fingerprint density at radius 3 is 2.71 bits per heavy atom. The van der Waals surface area contributed by atoms with E-state index >= 15 is 0 Å². The van der Waals surface area contributed by atoms with Gasteiger partial charge in [0, 0.05) is 31.4 Å². The van der Waals surface area contributed by atoms with Gasteiger partial charge in [-0.2, -0.15) is 5.10 Å². The number of nitrogens with one attached hydrogen (secondary N) is 1. The fourth-order valence-corrected chi connectivity index (χ4v) is 2.82. The molecule has 0 spiro atoms. The van der Waals surface area contributed by atoms with E-state index in [0.29, 0.717) is 18.0 Å². The molecule has 1 aliphatic rings. The van der Waals surface area contributed by atoms with Gasteiger partial charge in [0.1, 0.15) is 0 Å². The zero-order valence-corrected chi connectivity index (χ0v) is 12.6. The molecule has 1 saturated heterocycles. The van der Waals surface area contributed by atoms with Gasteiger partial charge in [0.25, 0.3) is 0 Å². The Hall–Kier alpha value is -2.05. The van der Waals surface area contributed by atoms with Crippen molar-refractivity contribution < 1.29 is 14.7 Å². The van der Waals surface area contributed by atoms with Gasteiger partial charge in [0.2, 0.25) is 0 Å². The number of aliphatic carboxylic acids is 1. The summed E-state index contributed by atoms with van der Waals surface area (Å²) in [6, 6.07) is -1.21. The van der Waals surface area contributed by atoms with Crippen LogP contribution < -0.4 is 5.32 Å². The lowest BCUT2D eigenvalue weighted by Crippen LogP contribution is -2.47. The van der Waals surface area contributed by atoms with Gasteiger partial charge in [0.15, 0.2) is 6.04 Å². The summed E-state index contributed by atoms with van der Waals surface area (Å²) in [5, 5.41) is 15.9. The Kier molecular flexibility index (Phi) is 4.50. The van der Waals surface area contributed by atoms with Crippen molar-refractivity contribution >= 4 is 12.0 Å². The summed E-state index contributed by atoms with van der Waals surface area (Å²) in [6.45, 7) is 4.83. The minimum atomic E-state index is -1.09. The van der Waals surface area contributed by atoms with Crippen molar-refractivity contribution in [3.05, 3.63) is 18.0 Å². The molecule has 116 valence electrons. The van der Waals surface area contributed by atoms with Gasteiger partial charge < -0.3 is 15.3 Å². The van der Waals surface area contributed by atoms with Crippen LogP contribution >= 0.6 is 0 Å². The number of likely N-dealkylation sites (tertiary alicyclic amines) is 1. The highest BCUT2D eigenvalue weighted by molar-refractivity contribution is 5.83. The Bertz CT molecular complexity index is 526. The third kappa shape index (κ3) is 3.34. The van der Waals surface area contributed by atoms with Gasteiger partial charge in [-0.3, -0.25) is 4.68 Å². The zero-order chi connectivity index (χ0) is 15.6. The Labute approximate surface area is 123 Å². The molecule has 2 atom stereocenters. The third-order valence-corrected chi connectivity index (χ3v) is 3.90. The first-order chi connectivity index (χ1) is 9.90. The third-order valence-electron chi connectivity index (χ3n) is 3.90. The van der Waals surface area contributed by atoms with Crippen molar-refractivity contribution in [3.63, 3.8) is 0 Å². The maximum Gasteiger partial charge on any atom is 0.331 e. The molecule has 2 rings (SSSR count). The number of urea groups is 1. The molecule has 0 aromatic carbocycles. The van der Waals surface area contributed by atoms with Crippen LogP contribution in [0.5, 0.6) is 0 Å². The molecule has 0 radical (unpaired) electrons. The van der Waals surface area contributed by atoms with Gasteiger partial charge in [-0.15, -0.1) is 0 Å². The summed E-state index contributed by atoms with van der Waals surface area (Å²) in [4.78, 5) is 25.5. The van der Waals surface area contributed by atoms with Crippen LogP contribution in [-0.4, -0.2) is 44.4 Å². The smallest absolute Gasteiger partial charge is 0.331 e. The molecule has 0 aliphatic carbocycles. The second kappa shape index (κ2) is 6.15. The Balaban J connectivity index is 2.10. The highest BCUT2D eigenvalue weighted by Gasteiger charge is 2.33. The first-order valence-electron chi connectivity index (χ1n) is 7.18. The zero-order valence-electron chi connectivity index (χ0n) is 12.6. The van der Waals surface area contributed by atoms with Crippen molar-refractivity contribution in [3.8, 4) is 0 Å². The van der Waals surface area contributed by atoms with Gasteiger partial charge in [-0.25, -0.2) is 9.59 Å². The first-order valence-corrected chi connectivity index (χ1v) is 7.18. The lowest BCUT2D eigenvalue weighted by atomic mass is 10.0. The van der Waals surface area contributed by atoms with Crippen LogP contribution in [0.25, 0.3) is 0 Å². The lowest BCUT2D eigenvalue weighted by Gasteiger charge is -2.29. The molecule has 1 aromatic rings. The van der Waals surface area contributed by atoms with Crippen LogP contribution in [0.1, 0.15) is 38.3 Å². The van der Waals surface area contributed by atoms with Crippen LogP contribution in [0.3, 0.4) is 0 Å². The second-order valence-corrected chi connectivity index (χ2v) is 5.82. The molecule has 2 unspecified atom stereocenters. The van der Waals surface area contributed by atoms with Crippen LogP contribution in [0, 0.1) is 5.92 Å². The minimum absolute atomic E-state index is 0.174. The van der Waals surface area contributed by atoms with Crippen molar-refractivity contribution in [2.24, 2.45) is 13.0 Å². The molecular weight excluding hydrogens is 272 g/mol. The summed E-state index contributed by atoms with van der Waals surface area (Å²) in [6.07, 6.45) is 4.99. The van der Waals surface area contributed by atoms with E-state index in [0.717, 1.165) is 12.8 Å². The second-order valence-electron chi connectivity index (χ2n) is 5.82. The number of hydrogen-bond donors (Lipinski definition) is 2. The largest absolute Gasteiger partial charge is 0.479 e.